The Kier molecular flexibility index (Phi) is 7.84. The standard InChI is InChI=1S/C21H19Cl2F3N2O3S/c1-2-15(10-31-20(30)27-14-5-3-4-12(8-14)21(24,25)26)28-18(29)11-32-19(28)16-7-6-13(22)9-17(16)23/h3-9,15,19H,2,10-11H2,1H3,(H,27,30)/t15-,19-/m0/s1. The number of alkyl halides is 3. The lowest BCUT2D eigenvalue weighted by Crippen LogP contribution is -2.41. The molecule has 2 aromatic rings. The Labute approximate surface area is 197 Å². The van der Waals surface area contributed by atoms with Crippen molar-refractivity contribution < 1.29 is 27.5 Å². The number of ether oxygens (including phenoxy) is 1. The van der Waals surface area contributed by atoms with Gasteiger partial charge < -0.3 is 9.64 Å². The Bertz CT molecular complexity index is 1010. The number of nitrogens with zero attached hydrogens (tertiary/aromatic N) is 1. The summed E-state index contributed by atoms with van der Waals surface area (Å²) in [5.74, 6) is 0.121. The quantitative estimate of drug-likeness (QED) is 0.478. The Morgan fingerprint density at radius 1 is 1.28 bits per heavy atom. The molecular formula is C21H19Cl2F3N2O3S. The summed E-state index contributed by atoms with van der Waals surface area (Å²) in [5, 5.41) is 2.82. The fourth-order valence-corrected chi connectivity index (χ4v) is 5.13. The lowest BCUT2D eigenvalue weighted by molar-refractivity contribution is -0.137. The third-order valence-electron chi connectivity index (χ3n) is 4.84. The number of thioether (sulfide) groups is 1. The molecule has 0 bridgehead atoms. The van der Waals surface area contributed by atoms with Gasteiger partial charge in [-0.1, -0.05) is 42.3 Å². The molecule has 172 valence electrons. The summed E-state index contributed by atoms with van der Waals surface area (Å²) in [5.41, 5.74) is -0.209. The first kappa shape index (κ1) is 24.5. The number of nitrogens with one attached hydrogen (secondary N) is 1. The van der Waals surface area contributed by atoms with Gasteiger partial charge in [-0.2, -0.15) is 13.2 Å². The molecule has 1 N–H and O–H groups in total. The number of hydrogen-bond donors (Lipinski definition) is 1. The van der Waals surface area contributed by atoms with Gasteiger partial charge in [0.1, 0.15) is 12.0 Å². The van der Waals surface area contributed by atoms with Crippen molar-refractivity contribution in [1.29, 1.82) is 0 Å². The molecule has 0 unspecified atom stereocenters. The molecule has 1 aliphatic heterocycles. The van der Waals surface area contributed by atoms with E-state index in [-0.39, 0.29) is 29.3 Å². The smallest absolute Gasteiger partial charge is 0.416 e. The van der Waals surface area contributed by atoms with Crippen molar-refractivity contribution in [1.82, 2.24) is 4.90 Å². The maximum absolute atomic E-state index is 12.8. The molecule has 1 aliphatic rings. The molecule has 3 rings (SSSR count). The number of hydrogen-bond acceptors (Lipinski definition) is 4. The molecule has 2 aromatic carbocycles. The van der Waals surface area contributed by atoms with Crippen molar-refractivity contribution in [2.24, 2.45) is 0 Å². The molecule has 1 fully saturated rings. The zero-order valence-corrected chi connectivity index (χ0v) is 19.1. The van der Waals surface area contributed by atoms with Crippen LogP contribution in [0.25, 0.3) is 0 Å². The average Bonchev–Trinajstić information content (AvgIpc) is 3.09. The van der Waals surface area contributed by atoms with Crippen molar-refractivity contribution in [2.45, 2.75) is 30.9 Å². The van der Waals surface area contributed by atoms with Crippen LogP contribution in [0.4, 0.5) is 23.7 Å². The Balaban J connectivity index is 1.67. The fourth-order valence-electron chi connectivity index (χ4n) is 3.27. The number of rotatable bonds is 6. The highest BCUT2D eigenvalue weighted by Gasteiger charge is 2.38. The Morgan fingerprint density at radius 2 is 2.03 bits per heavy atom. The Morgan fingerprint density at radius 3 is 2.69 bits per heavy atom. The maximum Gasteiger partial charge on any atom is 0.416 e. The number of halogens is 5. The number of benzene rings is 2. The normalized spacial score (nSPS) is 17.4. The van der Waals surface area contributed by atoms with Crippen molar-refractivity contribution in [3.8, 4) is 0 Å². The van der Waals surface area contributed by atoms with Gasteiger partial charge >= 0.3 is 12.3 Å². The van der Waals surface area contributed by atoms with Gasteiger partial charge in [-0.3, -0.25) is 10.1 Å². The van der Waals surface area contributed by atoms with E-state index < -0.39 is 23.9 Å². The van der Waals surface area contributed by atoms with E-state index in [9.17, 15) is 22.8 Å². The topological polar surface area (TPSA) is 58.6 Å². The van der Waals surface area contributed by atoms with Crippen LogP contribution in [0.2, 0.25) is 10.0 Å². The monoisotopic (exact) mass is 506 g/mol. The first-order valence-electron chi connectivity index (χ1n) is 9.59. The van der Waals surface area contributed by atoms with Gasteiger partial charge in [0.25, 0.3) is 0 Å². The van der Waals surface area contributed by atoms with Gasteiger partial charge in [-0.15, -0.1) is 11.8 Å². The van der Waals surface area contributed by atoms with E-state index in [1.165, 1.54) is 23.9 Å². The highest BCUT2D eigenvalue weighted by Crippen LogP contribution is 2.43. The van der Waals surface area contributed by atoms with Crippen LogP contribution >= 0.6 is 35.0 Å². The molecular weight excluding hydrogens is 488 g/mol. The predicted octanol–water partition coefficient (Wildman–Crippen LogP) is 6.61. The summed E-state index contributed by atoms with van der Waals surface area (Å²) >= 11 is 13.7. The lowest BCUT2D eigenvalue weighted by Gasteiger charge is -2.32. The van der Waals surface area contributed by atoms with Crippen LogP contribution in [0.1, 0.15) is 29.8 Å². The molecule has 1 heterocycles. The second kappa shape index (κ2) is 10.2. The Hall–Kier alpha value is -2.10. The van der Waals surface area contributed by atoms with Crippen LogP contribution < -0.4 is 5.32 Å². The molecule has 0 spiro atoms. The van der Waals surface area contributed by atoms with Crippen molar-refractivity contribution in [3.63, 3.8) is 0 Å². The van der Waals surface area contributed by atoms with E-state index >= 15 is 0 Å². The molecule has 32 heavy (non-hydrogen) atoms. The van der Waals surface area contributed by atoms with Crippen LogP contribution in [0.5, 0.6) is 0 Å². The second-order valence-corrected chi connectivity index (χ2v) is 8.91. The highest BCUT2D eigenvalue weighted by molar-refractivity contribution is 8.00. The van der Waals surface area contributed by atoms with E-state index in [1.54, 1.807) is 23.1 Å². The largest absolute Gasteiger partial charge is 0.447 e. The number of carbonyl (C=O) groups excluding carboxylic acids is 2. The van der Waals surface area contributed by atoms with Crippen LogP contribution in [0, 0.1) is 0 Å². The zero-order chi connectivity index (χ0) is 23.5. The van der Waals surface area contributed by atoms with E-state index in [4.69, 9.17) is 27.9 Å². The van der Waals surface area contributed by atoms with Crippen LogP contribution in [-0.2, 0) is 15.7 Å². The first-order valence-corrected chi connectivity index (χ1v) is 11.4. The van der Waals surface area contributed by atoms with Gasteiger partial charge in [0, 0.05) is 21.3 Å². The van der Waals surface area contributed by atoms with E-state index in [0.717, 1.165) is 17.7 Å². The van der Waals surface area contributed by atoms with Crippen molar-refractivity contribution in [2.75, 3.05) is 17.7 Å². The summed E-state index contributed by atoms with van der Waals surface area (Å²) < 4.78 is 43.8. The highest BCUT2D eigenvalue weighted by atomic mass is 35.5. The molecule has 1 saturated heterocycles. The SMILES string of the molecule is CC[C@@H](COC(=O)Nc1cccc(C(F)(F)F)c1)N1C(=O)CS[C@H]1c1ccc(Cl)cc1Cl. The van der Waals surface area contributed by atoms with E-state index in [2.05, 4.69) is 5.32 Å². The van der Waals surface area contributed by atoms with Gasteiger partial charge in [-0.05, 0) is 36.8 Å². The van der Waals surface area contributed by atoms with Crippen molar-refractivity contribution in [3.05, 3.63) is 63.6 Å². The summed E-state index contributed by atoms with van der Waals surface area (Å²) in [6.07, 6.45) is -4.95. The second-order valence-electron chi connectivity index (χ2n) is 6.99. The van der Waals surface area contributed by atoms with Gasteiger partial charge in [0.2, 0.25) is 5.91 Å². The third-order valence-corrected chi connectivity index (χ3v) is 6.61. The fraction of sp³-hybridized carbons (Fsp3) is 0.333. The first-order chi connectivity index (χ1) is 15.1. The number of carbonyl (C=O) groups is 2. The summed E-state index contributed by atoms with van der Waals surface area (Å²) in [6.45, 7) is 1.71. The molecule has 2 amide bonds. The van der Waals surface area contributed by atoms with Gasteiger partial charge in [0.15, 0.2) is 0 Å². The van der Waals surface area contributed by atoms with Gasteiger partial charge in [-0.25, -0.2) is 4.79 Å². The predicted molar refractivity (Wildman–Crippen MR) is 119 cm³/mol. The summed E-state index contributed by atoms with van der Waals surface area (Å²) in [7, 11) is 0. The maximum atomic E-state index is 12.8. The molecule has 0 saturated carbocycles. The van der Waals surface area contributed by atoms with E-state index in [1.807, 2.05) is 6.92 Å². The minimum atomic E-state index is -4.53. The summed E-state index contributed by atoms with van der Waals surface area (Å²) in [4.78, 5) is 26.4. The van der Waals surface area contributed by atoms with Crippen LogP contribution in [-0.4, -0.2) is 35.3 Å². The number of amides is 2. The molecule has 11 heteroatoms. The minimum Gasteiger partial charge on any atom is -0.447 e. The third kappa shape index (κ3) is 5.82. The average molecular weight is 507 g/mol. The zero-order valence-electron chi connectivity index (χ0n) is 16.8. The molecule has 2 atom stereocenters. The summed E-state index contributed by atoms with van der Waals surface area (Å²) in [6, 6.07) is 8.83. The van der Waals surface area contributed by atoms with Gasteiger partial charge in [0.05, 0.1) is 17.4 Å². The molecule has 5 nitrogen and oxygen atoms in total. The molecule has 0 aromatic heterocycles. The van der Waals surface area contributed by atoms with E-state index in [0.29, 0.717) is 16.5 Å². The van der Waals surface area contributed by atoms with Crippen LogP contribution in [0.3, 0.4) is 0 Å². The molecule has 0 radical (unpaired) electrons. The lowest BCUT2D eigenvalue weighted by atomic mass is 10.1. The molecule has 0 aliphatic carbocycles. The van der Waals surface area contributed by atoms with Crippen LogP contribution in [0.15, 0.2) is 42.5 Å². The van der Waals surface area contributed by atoms with Crippen molar-refractivity contribution >= 4 is 52.7 Å². The number of anilines is 1. The minimum absolute atomic E-state index is 0.0449.